The zero-order valence-electron chi connectivity index (χ0n) is 19.4. The van der Waals surface area contributed by atoms with E-state index in [2.05, 4.69) is 10.6 Å². The smallest absolute Gasteiger partial charge is 0.259 e. The van der Waals surface area contributed by atoms with Gasteiger partial charge in [-0.3, -0.25) is 4.79 Å². The Balaban J connectivity index is 1.59. The van der Waals surface area contributed by atoms with Gasteiger partial charge in [0.05, 0.1) is 30.2 Å². The van der Waals surface area contributed by atoms with Gasteiger partial charge in [-0.2, -0.15) is 4.31 Å². The van der Waals surface area contributed by atoms with Crippen LogP contribution in [-0.2, 0) is 14.8 Å². The van der Waals surface area contributed by atoms with Crippen molar-refractivity contribution in [1.82, 2.24) is 4.31 Å². The zero-order valence-corrected chi connectivity index (χ0v) is 20.2. The fourth-order valence-electron chi connectivity index (χ4n) is 4.86. The maximum atomic E-state index is 13.7. The Hall–Kier alpha value is -2.62. The summed E-state index contributed by atoms with van der Waals surface area (Å²) < 4.78 is 40.4. The van der Waals surface area contributed by atoms with E-state index in [4.69, 9.17) is 9.47 Å². The fraction of sp³-hybridized carbons (Fsp3) is 0.480. The average molecular weight is 486 g/mol. The van der Waals surface area contributed by atoms with Gasteiger partial charge in [0.15, 0.2) is 5.75 Å². The van der Waals surface area contributed by atoms with Crippen LogP contribution in [0.4, 0.5) is 11.4 Å². The highest BCUT2D eigenvalue weighted by molar-refractivity contribution is 7.89. The van der Waals surface area contributed by atoms with Crippen LogP contribution in [0.15, 0.2) is 35.2 Å². The number of hydrogen-bond acceptors (Lipinski definition) is 6. The molecular weight excluding hydrogens is 454 g/mol. The maximum Gasteiger partial charge on any atom is 0.259 e. The van der Waals surface area contributed by atoms with Gasteiger partial charge < -0.3 is 20.1 Å². The highest BCUT2D eigenvalue weighted by Crippen LogP contribution is 2.41. The third-order valence-electron chi connectivity index (χ3n) is 6.73. The Morgan fingerprint density at radius 2 is 1.74 bits per heavy atom. The van der Waals surface area contributed by atoms with Crippen molar-refractivity contribution in [3.05, 3.63) is 41.5 Å². The number of carbonyl (C=O) groups excluding carboxylic acids is 1. The third-order valence-corrected chi connectivity index (χ3v) is 8.67. The second-order valence-electron chi connectivity index (χ2n) is 9.25. The predicted octanol–water partition coefficient (Wildman–Crippen LogP) is 4.51. The molecule has 2 aromatic carbocycles. The van der Waals surface area contributed by atoms with E-state index in [0.29, 0.717) is 36.1 Å². The molecule has 9 heteroatoms. The monoisotopic (exact) mass is 485 g/mol. The van der Waals surface area contributed by atoms with E-state index in [9.17, 15) is 13.2 Å². The van der Waals surface area contributed by atoms with E-state index in [-0.39, 0.29) is 29.6 Å². The highest BCUT2D eigenvalue weighted by Gasteiger charge is 2.33. The van der Waals surface area contributed by atoms with Crippen molar-refractivity contribution >= 4 is 27.3 Å². The van der Waals surface area contributed by atoms with E-state index >= 15 is 0 Å². The van der Waals surface area contributed by atoms with Crippen molar-refractivity contribution in [3.63, 3.8) is 0 Å². The van der Waals surface area contributed by atoms with Gasteiger partial charge in [-0.15, -0.1) is 0 Å². The molecule has 8 nitrogen and oxygen atoms in total. The minimum absolute atomic E-state index is 0.110. The summed E-state index contributed by atoms with van der Waals surface area (Å²) in [5.41, 5.74) is 2.24. The Morgan fingerprint density at radius 3 is 2.47 bits per heavy atom. The van der Waals surface area contributed by atoms with E-state index in [1.165, 1.54) is 23.2 Å². The van der Waals surface area contributed by atoms with Crippen LogP contribution < -0.4 is 15.4 Å². The number of morpholine rings is 1. The second kappa shape index (κ2) is 9.56. The summed E-state index contributed by atoms with van der Waals surface area (Å²) in [4.78, 5) is 13.3. The van der Waals surface area contributed by atoms with E-state index in [0.717, 1.165) is 31.2 Å². The van der Waals surface area contributed by atoms with Crippen LogP contribution >= 0.6 is 0 Å². The molecule has 1 saturated heterocycles. The molecule has 2 N–H and O–H groups in total. The quantitative estimate of drug-likeness (QED) is 0.619. The first kappa shape index (κ1) is 23.1. The molecule has 3 aliphatic rings. The number of fused-ring (bicyclic) bond motifs is 2. The van der Waals surface area contributed by atoms with Crippen molar-refractivity contribution in [2.75, 3.05) is 36.9 Å². The molecule has 1 saturated carbocycles. The molecule has 0 spiro atoms. The molecule has 2 heterocycles. The van der Waals surface area contributed by atoms with Gasteiger partial charge in [-0.1, -0.05) is 31.7 Å². The van der Waals surface area contributed by atoms with Crippen molar-refractivity contribution in [2.45, 2.75) is 56.4 Å². The van der Waals surface area contributed by atoms with E-state index < -0.39 is 15.9 Å². The number of nitrogens with zero attached hydrogens (tertiary/aromatic N) is 1. The average Bonchev–Trinajstić information content (AvgIpc) is 3.16. The van der Waals surface area contributed by atoms with E-state index in [1.54, 1.807) is 6.07 Å². The summed E-state index contributed by atoms with van der Waals surface area (Å²) >= 11 is 0. The van der Waals surface area contributed by atoms with Crippen molar-refractivity contribution < 1.29 is 22.7 Å². The van der Waals surface area contributed by atoms with Crippen molar-refractivity contribution in [2.24, 2.45) is 0 Å². The van der Waals surface area contributed by atoms with Crippen LogP contribution in [0.5, 0.6) is 11.5 Å². The maximum absolute atomic E-state index is 13.7. The largest absolute Gasteiger partial charge is 0.454 e. The first-order valence-electron chi connectivity index (χ1n) is 12.0. The number of aryl methyl sites for hydroxylation is 1. The fourth-order valence-corrected chi connectivity index (χ4v) is 6.43. The summed E-state index contributed by atoms with van der Waals surface area (Å²) in [6, 6.07) is 8.90. The molecule has 0 aromatic heterocycles. The Kier molecular flexibility index (Phi) is 6.50. The summed E-state index contributed by atoms with van der Waals surface area (Å²) in [7, 11) is -3.84. The number of nitrogens with one attached hydrogen (secondary N) is 2. The second-order valence-corrected chi connectivity index (χ2v) is 11.2. The van der Waals surface area contributed by atoms with Crippen LogP contribution in [0.25, 0.3) is 0 Å². The molecule has 2 aliphatic heterocycles. The topological polar surface area (TPSA) is 97.0 Å². The van der Waals surface area contributed by atoms with Crippen LogP contribution in [-0.4, -0.2) is 51.0 Å². The van der Waals surface area contributed by atoms with Crippen LogP contribution in [0.2, 0.25) is 0 Å². The number of benzene rings is 2. The first-order valence-corrected chi connectivity index (χ1v) is 13.5. The normalized spacial score (nSPS) is 19.7. The summed E-state index contributed by atoms with van der Waals surface area (Å²) in [6.07, 6.45) is 6.58. The number of ether oxygens (including phenoxy) is 2. The lowest BCUT2D eigenvalue weighted by molar-refractivity contribution is 0.0730. The van der Waals surface area contributed by atoms with Crippen LogP contribution in [0.3, 0.4) is 0 Å². The Bertz CT molecular complexity index is 1180. The molecule has 2 fully saturated rings. The molecule has 0 radical (unpaired) electrons. The van der Waals surface area contributed by atoms with Gasteiger partial charge in [-0.25, -0.2) is 8.42 Å². The van der Waals surface area contributed by atoms with Crippen molar-refractivity contribution in [1.29, 1.82) is 0 Å². The minimum Gasteiger partial charge on any atom is -0.454 e. The van der Waals surface area contributed by atoms with Crippen LogP contribution in [0, 0.1) is 6.92 Å². The molecule has 0 unspecified atom stereocenters. The summed E-state index contributed by atoms with van der Waals surface area (Å²) in [6.45, 7) is 3.22. The summed E-state index contributed by atoms with van der Waals surface area (Å²) in [5, 5.41) is 6.38. The summed E-state index contributed by atoms with van der Waals surface area (Å²) in [5.74, 6) is 0.484. The van der Waals surface area contributed by atoms with Crippen LogP contribution in [0.1, 0.15) is 54.4 Å². The van der Waals surface area contributed by atoms with Gasteiger partial charge in [-0.05, 0) is 43.5 Å². The first-order chi connectivity index (χ1) is 16.4. The lowest BCUT2D eigenvalue weighted by Gasteiger charge is -2.28. The standard InChI is InChI=1S/C25H31N3O5S/c1-17-8-9-22-20(14-17)27-25(29)19-15-24(34(30,31)28-10-12-32-13-11-28)21(16-23(19)33-22)26-18-6-4-2-3-5-7-18/h8-9,14-16,18,26H,2-7,10-13H2,1H3,(H,27,29). The predicted molar refractivity (Wildman–Crippen MR) is 130 cm³/mol. The van der Waals surface area contributed by atoms with Gasteiger partial charge in [0.2, 0.25) is 10.0 Å². The molecule has 1 amide bonds. The third kappa shape index (κ3) is 4.64. The van der Waals surface area contributed by atoms with Gasteiger partial charge in [0, 0.05) is 25.2 Å². The number of amides is 1. The zero-order chi connectivity index (χ0) is 23.7. The van der Waals surface area contributed by atoms with E-state index in [1.807, 2.05) is 25.1 Å². The minimum atomic E-state index is -3.84. The molecular formula is C25H31N3O5S. The molecule has 5 rings (SSSR count). The number of rotatable bonds is 4. The molecule has 0 atom stereocenters. The highest BCUT2D eigenvalue weighted by atomic mass is 32.2. The lowest BCUT2D eigenvalue weighted by atomic mass is 10.1. The number of anilines is 2. The number of carbonyl (C=O) groups is 1. The Labute approximate surface area is 200 Å². The lowest BCUT2D eigenvalue weighted by Crippen LogP contribution is -2.41. The molecule has 2 aromatic rings. The van der Waals surface area contributed by atoms with Crippen molar-refractivity contribution in [3.8, 4) is 11.5 Å². The molecule has 0 bridgehead atoms. The Morgan fingerprint density at radius 1 is 1.00 bits per heavy atom. The molecule has 182 valence electrons. The molecule has 1 aliphatic carbocycles. The van der Waals surface area contributed by atoms with Gasteiger partial charge >= 0.3 is 0 Å². The number of hydrogen-bond donors (Lipinski definition) is 2. The van der Waals surface area contributed by atoms with Gasteiger partial charge in [0.25, 0.3) is 5.91 Å². The SMILES string of the molecule is Cc1ccc2c(c1)NC(=O)c1cc(S(=O)(=O)N3CCOCC3)c(NC3CCCCCC3)cc1O2. The number of sulfonamides is 1. The van der Waals surface area contributed by atoms with Gasteiger partial charge in [0.1, 0.15) is 10.6 Å². The molecule has 34 heavy (non-hydrogen) atoms.